The third kappa shape index (κ3) is 3.55. The molecular weight excluding hydrogens is 270 g/mol. The summed E-state index contributed by atoms with van der Waals surface area (Å²) in [6.45, 7) is 9.05. The average molecular weight is 298 g/mol. The summed E-state index contributed by atoms with van der Waals surface area (Å²) >= 11 is 0. The molecule has 0 aromatic heterocycles. The molecule has 2 rings (SSSR count). The van der Waals surface area contributed by atoms with Crippen molar-refractivity contribution in [2.24, 2.45) is 5.92 Å². The van der Waals surface area contributed by atoms with E-state index in [2.05, 4.69) is 32.9 Å². The van der Waals surface area contributed by atoms with Crippen LogP contribution in [0, 0.1) is 5.92 Å². The molecule has 2 N–H and O–H groups in total. The number of hydrogen-bond donors (Lipinski definition) is 2. The van der Waals surface area contributed by atoms with Gasteiger partial charge in [0.1, 0.15) is 5.60 Å². The van der Waals surface area contributed by atoms with Crippen LogP contribution >= 0.6 is 0 Å². The highest BCUT2D eigenvalue weighted by Crippen LogP contribution is 2.35. The van der Waals surface area contributed by atoms with Gasteiger partial charge in [-0.25, -0.2) is 0 Å². The Hall–Kier alpha value is -0.570. The van der Waals surface area contributed by atoms with E-state index < -0.39 is 5.60 Å². The Bertz CT molecular complexity index is 397. The fourth-order valence-electron chi connectivity index (χ4n) is 3.46. The van der Waals surface area contributed by atoms with Gasteiger partial charge in [0.05, 0.1) is 19.1 Å². The number of halogens is 1. The summed E-state index contributed by atoms with van der Waals surface area (Å²) < 4.78 is 0. The van der Waals surface area contributed by atoms with Gasteiger partial charge in [-0.15, -0.1) is 0 Å². The highest BCUT2D eigenvalue weighted by atomic mass is 35.5. The number of piperidine rings is 1. The molecule has 20 heavy (non-hydrogen) atoms. The minimum atomic E-state index is -0.642. The van der Waals surface area contributed by atoms with Crippen molar-refractivity contribution in [1.82, 2.24) is 0 Å². The van der Waals surface area contributed by atoms with E-state index in [1.165, 1.54) is 19.4 Å². The van der Waals surface area contributed by atoms with Gasteiger partial charge in [-0.2, -0.15) is 0 Å². The third-order valence-corrected chi connectivity index (χ3v) is 4.82. The largest absolute Gasteiger partial charge is 1.00 e. The van der Waals surface area contributed by atoms with Gasteiger partial charge >= 0.3 is 0 Å². The highest BCUT2D eigenvalue weighted by molar-refractivity contribution is 5.23. The maximum Gasteiger partial charge on any atom is 0.103 e. The van der Waals surface area contributed by atoms with E-state index in [0.29, 0.717) is 12.0 Å². The van der Waals surface area contributed by atoms with Crippen molar-refractivity contribution < 1.29 is 22.4 Å². The van der Waals surface area contributed by atoms with Crippen LogP contribution in [0.5, 0.6) is 0 Å². The lowest BCUT2D eigenvalue weighted by Crippen LogP contribution is -3.17. The molecule has 0 amide bonds. The molecule has 4 atom stereocenters. The molecule has 0 radical (unpaired) electrons. The van der Waals surface area contributed by atoms with Gasteiger partial charge in [-0.05, 0) is 18.9 Å². The lowest BCUT2D eigenvalue weighted by Gasteiger charge is -2.45. The summed E-state index contributed by atoms with van der Waals surface area (Å²) in [6.07, 6.45) is 3.42. The van der Waals surface area contributed by atoms with E-state index in [1.807, 2.05) is 18.2 Å². The van der Waals surface area contributed by atoms with E-state index in [0.717, 1.165) is 18.5 Å². The predicted molar refractivity (Wildman–Crippen MR) is 79.2 cm³/mol. The van der Waals surface area contributed by atoms with Crippen molar-refractivity contribution in [2.75, 3.05) is 13.1 Å². The molecule has 0 bridgehead atoms. The summed E-state index contributed by atoms with van der Waals surface area (Å²) in [4.78, 5) is 1.66. The first-order valence-electron chi connectivity index (χ1n) is 7.70. The summed E-state index contributed by atoms with van der Waals surface area (Å²) in [7, 11) is 0. The minimum Gasteiger partial charge on any atom is -1.00 e. The molecule has 0 aliphatic carbocycles. The van der Waals surface area contributed by atoms with Crippen LogP contribution in [0.25, 0.3) is 0 Å². The number of likely N-dealkylation sites (tertiary alicyclic amines) is 1. The maximum atomic E-state index is 11.1. The lowest BCUT2D eigenvalue weighted by atomic mass is 9.74. The zero-order chi connectivity index (χ0) is 13.9. The first-order valence-corrected chi connectivity index (χ1v) is 7.70. The van der Waals surface area contributed by atoms with E-state index in [1.54, 1.807) is 4.90 Å². The first-order chi connectivity index (χ1) is 9.08. The summed E-state index contributed by atoms with van der Waals surface area (Å²) in [5.74, 6) is 0.318. The molecule has 3 heteroatoms. The van der Waals surface area contributed by atoms with Crippen LogP contribution in [0.2, 0.25) is 0 Å². The van der Waals surface area contributed by atoms with Gasteiger partial charge in [0.25, 0.3) is 0 Å². The average Bonchev–Trinajstić information content (AvgIpc) is 2.42. The molecule has 1 aromatic carbocycles. The Morgan fingerprint density at radius 2 is 1.90 bits per heavy atom. The van der Waals surface area contributed by atoms with Crippen LogP contribution in [0.1, 0.15) is 45.6 Å². The standard InChI is InChI=1S/C17H27NO.ClH/c1-4-5-11-18-13-14(2)17(19,12-15(18)3)16-9-7-6-8-10-16;/h6-10,14-15,19H,4-5,11-13H2,1-3H3;1H. The molecule has 0 saturated carbocycles. The van der Waals surface area contributed by atoms with E-state index >= 15 is 0 Å². The number of nitrogens with one attached hydrogen (secondary N) is 1. The number of aliphatic hydroxyl groups is 1. The number of rotatable bonds is 4. The Morgan fingerprint density at radius 3 is 2.50 bits per heavy atom. The normalized spacial score (nSPS) is 33.5. The fraction of sp³-hybridized carbons (Fsp3) is 0.647. The molecule has 114 valence electrons. The smallest absolute Gasteiger partial charge is 0.103 e. The van der Waals surface area contributed by atoms with Gasteiger partial charge in [-0.3, -0.25) is 0 Å². The summed E-state index contributed by atoms with van der Waals surface area (Å²) in [6, 6.07) is 10.7. The van der Waals surface area contributed by atoms with Crippen molar-refractivity contribution in [3.63, 3.8) is 0 Å². The molecule has 2 nitrogen and oxygen atoms in total. The molecule has 0 spiro atoms. The molecule has 4 unspecified atom stereocenters. The van der Waals surface area contributed by atoms with Crippen LogP contribution in [-0.4, -0.2) is 24.2 Å². The van der Waals surface area contributed by atoms with Crippen molar-refractivity contribution in [3.8, 4) is 0 Å². The topological polar surface area (TPSA) is 24.7 Å². The third-order valence-electron chi connectivity index (χ3n) is 4.82. The second-order valence-corrected chi connectivity index (χ2v) is 6.26. The van der Waals surface area contributed by atoms with Gasteiger partial charge in [-0.1, -0.05) is 50.6 Å². The highest BCUT2D eigenvalue weighted by Gasteiger charge is 2.45. The minimum absolute atomic E-state index is 0. The quantitative estimate of drug-likeness (QED) is 0.732. The van der Waals surface area contributed by atoms with E-state index in [4.69, 9.17) is 0 Å². The van der Waals surface area contributed by atoms with Gasteiger partial charge in [0.2, 0.25) is 0 Å². The van der Waals surface area contributed by atoms with Crippen molar-refractivity contribution in [1.29, 1.82) is 0 Å². The number of unbranched alkanes of at least 4 members (excludes halogenated alkanes) is 1. The van der Waals surface area contributed by atoms with Crippen molar-refractivity contribution in [2.45, 2.75) is 51.7 Å². The van der Waals surface area contributed by atoms with Gasteiger partial charge in [0, 0.05) is 12.3 Å². The first kappa shape index (κ1) is 17.5. The molecule has 1 heterocycles. The molecule has 1 aromatic rings. The molecule has 1 fully saturated rings. The van der Waals surface area contributed by atoms with E-state index in [-0.39, 0.29) is 12.4 Å². The molecule has 1 aliphatic heterocycles. The van der Waals surface area contributed by atoms with E-state index in [9.17, 15) is 5.11 Å². The summed E-state index contributed by atoms with van der Waals surface area (Å²) in [5, 5.41) is 11.1. The summed E-state index contributed by atoms with van der Waals surface area (Å²) in [5.41, 5.74) is 0.444. The number of hydrogen-bond acceptors (Lipinski definition) is 1. The monoisotopic (exact) mass is 297 g/mol. The van der Waals surface area contributed by atoms with Crippen molar-refractivity contribution in [3.05, 3.63) is 35.9 Å². The Labute approximate surface area is 129 Å². The molecule has 1 aliphatic rings. The Kier molecular flexibility index (Phi) is 6.50. The van der Waals surface area contributed by atoms with Crippen LogP contribution in [0.15, 0.2) is 30.3 Å². The zero-order valence-corrected chi connectivity index (χ0v) is 13.7. The number of benzene rings is 1. The predicted octanol–water partition coefficient (Wildman–Crippen LogP) is -1.01. The second-order valence-electron chi connectivity index (χ2n) is 6.26. The molecular formula is C17H28ClNO. The van der Waals surface area contributed by atoms with Gasteiger partial charge < -0.3 is 22.4 Å². The second kappa shape index (κ2) is 7.44. The van der Waals surface area contributed by atoms with Gasteiger partial charge in [0.15, 0.2) is 0 Å². The van der Waals surface area contributed by atoms with Crippen LogP contribution < -0.4 is 17.3 Å². The fourth-order valence-corrected chi connectivity index (χ4v) is 3.46. The zero-order valence-electron chi connectivity index (χ0n) is 12.9. The molecule has 1 saturated heterocycles. The van der Waals surface area contributed by atoms with Crippen LogP contribution in [0.4, 0.5) is 0 Å². The van der Waals surface area contributed by atoms with Crippen molar-refractivity contribution >= 4 is 0 Å². The number of quaternary nitrogens is 1. The SMILES string of the molecule is CCCC[NH+]1CC(C)C(O)(c2ccccc2)CC1C.[Cl-]. The van der Waals surface area contributed by atoms with Crippen LogP contribution in [0.3, 0.4) is 0 Å². The Morgan fingerprint density at radius 1 is 1.25 bits per heavy atom. The van der Waals surface area contributed by atoms with Crippen LogP contribution in [-0.2, 0) is 5.60 Å². The lowest BCUT2D eigenvalue weighted by molar-refractivity contribution is -0.935. The maximum absolute atomic E-state index is 11.1. The Balaban J connectivity index is 0.00000200.